The number of benzene rings is 2. The molecule has 2 atom stereocenters. The summed E-state index contributed by atoms with van der Waals surface area (Å²) in [5.41, 5.74) is 2.34. The summed E-state index contributed by atoms with van der Waals surface area (Å²) in [6.45, 7) is 4.96. The predicted molar refractivity (Wildman–Crippen MR) is 120 cm³/mol. The van der Waals surface area contributed by atoms with Gasteiger partial charge in [-0.3, -0.25) is 14.2 Å². The van der Waals surface area contributed by atoms with Gasteiger partial charge < -0.3 is 10.1 Å². The molecule has 2 heterocycles. The SMILES string of the molecule is Cc1ccccc1NC(=O)[C@H](C)Sc1nc2ccccc2c(=O)n1C[C@H]1CCCO1. The minimum absolute atomic E-state index is 0.00103. The molecule has 0 bridgehead atoms. The van der Waals surface area contributed by atoms with E-state index in [1.54, 1.807) is 10.6 Å². The minimum atomic E-state index is -0.423. The number of rotatable bonds is 6. The Morgan fingerprint density at radius 3 is 2.80 bits per heavy atom. The predicted octanol–water partition coefficient (Wildman–Crippen LogP) is 4.00. The van der Waals surface area contributed by atoms with Crippen molar-refractivity contribution in [2.45, 2.75) is 49.7 Å². The first-order valence-electron chi connectivity index (χ1n) is 10.2. The molecule has 0 aliphatic carbocycles. The number of anilines is 1. The molecular weight excluding hydrogens is 398 g/mol. The van der Waals surface area contributed by atoms with Gasteiger partial charge in [0.1, 0.15) is 0 Å². The molecule has 1 N–H and O–H groups in total. The molecule has 156 valence electrons. The molecule has 1 saturated heterocycles. The highest BCUT2D eigenvalue weighted by Crippen LogP contribution is 2.25. The van der Waals surface area contributed by atoms with Crippen molar-refractivity contribution < 1.29 is 9.53 Å². The van der Waals surface area contributed by atoms with Gasteiger partial charge in [0.15, 0.2) is 5.16 Å². The molecule has 0 radical (unpaired) electrons. The highest BCUT2D eigenvalue weighted by atomic mass is 32.2. The van der Waals surface area contributed by atoms with Crippen LogP contribution in [0.25, 0.3) is 10.9 Å². The second-order valence-corrected chi connectivity index (χ2v) is 8.83. The Balaban J connectivity index is 1.62. The fraction of sp³-hybridized carbons (Fsp3) is 0.348. The van der Waals surface area contributed by atoms with E-state index >= 15 is 0 Å². The Hall–Kier alpha value is -2.64. The van der Waals surface area contributed by atoms with Crippen molar-refractivity contribution >= 4 is 34.3 Å². The number of aryl methyl sites for hydroxylation is 1. The zero-order valence-corrected chi connectivity index (χ0v) is 17.9. The van der Waals surface area contributed by atoms with Crippen molar-refractivity contribution in [3.63, 3.8) is 0 Å². The van der Waals surface area contributed by atoms with Crippen molar-refractivity contribution in [3.8, 4) is 0 Å². The van der Waals surface area contributed by atoms with Crippen LogP contribution in [-0.2, 0) is 16.1 Å². The minimum Gasteiger partial charge on any atom is -0.376 e. The summed E-state index contributed by atoms with van der Waals surface area (Å²) in [5.74, 6) is -0.125. The Kier molecular flexibility index (Phi) is 6.20. The summed E-state index contributed by atoms with van der Waals surface area (Å²) in [7, 11) is 0. The number of para-hydroxylation sites is 2. The molecule has 1 aliphatic heterocycles. The third-order valence-electron chi connectivity index (χ3n) is 5.29. The summed E-state index contributed by atoms with van der Waals surface area (Å²) >= 11 is 1.30. The Labute approximate surface area is 179 Å². The third kappa shape index (κ3) is 4.42. The number of nitrogens with one attached hydrogen (secondary N) is 1. The second kappa shape index (κ2) is 9.02. The molecule has 30 heavy (non-hydrogen) atoms. The monoisotopic (exact) mass is 423 g/mol. The first-order chi connectivity index (χ1) is 14.5. The molecule has 1 amide bonds. The van der Waals surface area contributed by atoms with Gasteiger partial charge in [0, 0.05) is 12.3 Å². The number of nitrogens with zero attached hydrogens (tertiary/aromatic N) is 2. The summed E-state index contributed by atoms with van der Waals surface area (Å²) in [6, 6.07) is 15.0. The Bertz CT molecular complexity index is 1120. The van der Waals surface area contributed by atoms with Gasteiger partial charge in [0.2, 0.25) is 5.91 Å². The van der Waals surface area contributed by atoms with Gasteiger partial charge >= 0.3 is 0 Å². The summed E-state index contributed by atoms with van der Waals surface area (Å²) in [4.78, 5) is 30.7. The van der Waals surface area contributed by atoms with Crippen LogP contribution in [0.2, 0.25) is 0 Å². The largest absolute Gasteiger partial charge is 0.376 e. The van der Waals surface area contributed by atoms with Crippen molar-refractivity contribution in [1.29, 1.82) is 0 Å². The molecule has 3 aromatic rings. The van der Waals surface area contributed by atoms with Crippen molar-refractivity contribution in [2.24, 2.45) is 0 Å². The van der Waals surface area contributed by atoms with Crippen molar-refractivity contribution in [2.75, 3.05) is 11.9 Å². The lowest BCUT2D eigenvalue weighted by Gasteiger charge is -2.19. The van der Waals surface area contributed by atoms with Gasteiger partial charge in [-0.1, -0.05) is 42.1 Å². The first-order valence-corrected chi connectivity index (χ1v) is 11.0. The number of ether oxygens (including phenoxy) is 1. The standard InChI is InChI=1S/C23H25N3O3S/c1-15-8-3-5-11-19(15)24-21(27)16(2)30-23-25-20-12-6-4-10-18(20)22(28)26(23)14-17-9-7-13-29-17/h3-6,8,10-12,16-17H,7,9,13-14H2,1-2H3,(H,24,27)/t16-,17+/m0/s1. The Morgan fingerprint density at radius 1 is 1.27 bits per heavy atom. The van der Waals surface area contributed by atoms with E-state index in [4.69, 9.17) is 9.72 Å². The molecule has 0 unspecified atom stereocenters. The number of hydrogen-bond acceptors (Lipinski definition) is 5. The lowest BCUT2D eigenvalue weighted by Crippen LogP contribution is -2.30. The van der Waals surface area contributed by atoms with E-state index in [9.17, 15) is 9.59 Å². The molecule has 2 aromatic carbocycles. The molecule has 1 fully saturated rings. The number of thioether (sulfide) groups is 1. The maximum Gasteiger partial charge on any atom is 0.262 e. The summed E-state index contributed by atoms with van der Waals surface area (Å²) < 4.78 is 7.41. The van der Waals surface area contributed by atoms with Crippen LogP contribution in [0.5, 0.6) is 0 Å². The van der Waals surface area contributed by atoms with Gasteiger partial charge in [-0.05, 0) is 50.5 Å². The van der Waals surface area contributed by atoms with E-state index < -0.39 is 5.25 Å². The zero-order valence-electron chi connectivity index (χ0n) is 17.1. The molecule has 7 heteroatoms. The maximum absolute atomic E-state index is 13.2. The highest BCUT2D eigenvalue weighted by Gasteiger charge is 2.23. The van der Waals surface area contributed by atoms with Crippen LogP contribution in [0, 0.1) is 6.92 Å². The van der Waals surface area contributed by atoms with E-state index in [2.05, 4.69) is 5.32 Å². The maximum atomic E-state index is 13.2. The quantitative estimate of drug-likeness (QED) is 0.479. The topological polar surface area (TPSA) is 73.2 Å². The molecule has 0 spiro atoms. The highest BCUT2D eigenvalue weighted by molar-refractivity contribution is 8.00. The van der Waals surface area contributed by atoms with Gasteiger partial charge in [-0.2, -0.15) is 0 Å². The zero-order chi connectivity index (χ0) is 21.1. The number of carbonyl (C=O) groups is 1. The van der Waals surface area contributed by atoms with Crippen LogP contribution in [0.3, 0.4) is 0 Å². The molecule has 1 aromatic heterocycles. The van der Waals surface area contributed by atoms with Crippen LogP contribution in [0.4, 0.5) is 5.69 Å². The van der Waals surface area contributed by atoms with E-state index in [1.165, 1.54) is 11.8 Å². The number of aromatic nitrogens is 2. The lowest BCUT2D eigenvalue weighted by atomic mass is 10.2. The van der Waals surface area contributed by atoms with E-state index in [-0.39, 0.29) is 17.6 Å². The van der Waals surface area contributed by atoms with Crippen molar-refractivity contribution in [3.05, 3.63) is 64.4 Å². The normalized spacial score (nSPS) is 17.2. The molecular formula is C23H25N3O3S. The van der Waals surface area contributed by atoms with Gasteiger partial charge in [-0.15, -0.1) is 0 Å². The van der Waals surface area contributed by atoms with Crippen LogP contribution in [-0.4, -0.2) is 33.4 Å². The molecule has 4 rings (SSSR count). The van der Waals surface area contributed by atoms with Crippen LogP contribution < -0.4 is 10.9 Å². The van der Waals surface area contributed by atoms with E-state index in [0.717, 1.165) is 30.7 Å². The van der Waals surface area contributed by atoms with E-state index in [0.29, 0.717) is 22.6 Å². The van der Waals surface area contributed by atoms with Crippen molar-refractivity contribution in [1.82, 2.24) is 9.55 Å². The average Bonchev–Trinajstić information content (AvgIpc) is 3.26. The number of hydrogen-bond donors (Lipinski definition) is 1. The summed E-state index contributed by atoms with van der Waals surface area (Å²) in [6.07, 6.45) is 1.92. The van der Waals surface area contributed by atoms with Crippen LogP contribution in [0.1, 0.15) is 25.3 Å². The fourth-order valence-electron chi connectivity index (χ4n) is 3.55. The third-order valence-corrected chi connectivity index (χ3v) is 6.38. The van der Waals surface area contributed by atoms with E-state index in [1.807, 2.05) is 56.3 Å². The number of fused-ring (bicyclic) bond motifs is 1. The molecule has 6 nitrogen and oxygen atoms in total. The second-order valence-electron chi connectivity index (χ2n) is 7.53. The van der Waals surface area contributed by atoms with Gasteiger partial charge in [0.05, 0.1) is 28.8 Å². The van der Waals surface area contributed by atoms with Crippen LogP contribution >= 0.6 is 11.8 Å². The average molecular weight is 424 g/mol. The lowest BCUT2D eigenvalue weighted by molar-refractivity contribution is -0.115. The van der Waals surface area contributed by atoms with Crippen LogP contribution in [0.15, 0.2) is 58.5 Å². The summed E-state index contributed by atoms with van der Waals surface area (Å²) in [5, 5.41) is 3.68. The Morgan fingerprint density at radius 2 is 2.03 bits per heavy atom. The number of carbonyl (C=O) groups excluding carboxylic acids is 1. The molecule has 0 saturated carbocycles. The first kappa shape index (κ1) is 20.6. The van der Waals surface area contributed by atoms with Gasteiger partial charge in [-0.25, -0.2) is 4.98 Å². The fourth-order valence-corrected chi connectivity index (χ4v) is 4.47. The molecule has 1 aliphatic rings. The smallest absolute Gasteiger partial charge is 0.262 e. The number of amides is 1. The van der Waals surface area contributed by atoms with Gasteiger partial charge in [0.25, 0.3) is 5.56 Å².